The second-order valence-electron chi connectivity index (χ2n) is 8.04. The van der Waals surface area contributed by atoms with Crippen molar-refractivity contribution in [2.75, 3.05) is 25.6 Å². The molecule has 4 heterocycles. The number of pyridine rings is 2. The van der Waals surface area contributed by atoms with Crippen LogP contribution in [0.5, 0.6) is 0 Å². The molecule has 3 N–H and O–H groups in total. The molecule has 4 rings (SSSR count). The number of nitrogens with one attached hydrogen (secondary N) is 3. The van der Waals surface area contributed by atoms with Crippen molar-refractivity contribution >= 4 is 22.6 Å². The molecule has 9 nitrogen and oxygen atoms in total. The van der Waals surface area contributed by atoms with Gasteiger partial charge in [-0.2, -0.15) is 5.10 Å². The van der Waals surface area contributed by atoms with Gasteiger partial charge in [0.1, 0.15) is 0 Å². The average molecular weight is 438 g/mol. The van der Waals surface area contributed by atoms with Gasteiger partial charge in [-0.1, -0.05) is 0 Å². The first-order valence-corrected chi connectivity index (χ1v) is 11.2. The molecule has 3 aromatic heterocycles. The fourth-order valence-corrected chi connectivity index (χ4v) is 4.09. The number of rotatable bonds is 8. The van der Waals surface area contributed by atoms with Crippen LogP contribution in [0.25, 0.3) is 11.0 Å². The van der Waals surface area contributed by atoms with Gasteiger partial charge in [0, 0.05) is 69.6 Å². The number of aromatic nitrogens is 4. The van der Waals surface area contributed by atoms with Crippen LogP contribution < -0.4 is 16.0 Å². The van der Waals surface area contributed by atoms with Gasteiger partial charge in [0.2, 0.25) is 0 Å². The monoisotopic (exact) mass is 437 g/mol. The SMILES string of the molecule is CCn1ncc2c(NC3CCOCC3)c(CNCc3cncc(C(=O)NC)c3)c(C)nc21. The van der Waals surface area contributed by atoms with Crippen LogP contribution in [-0.2, 0) is 24.4 Å². The predicted octanol–water partition coefficient (Wildman–Crippen LogP) is 2.39. The van der Waals surface area contributed by atoms with E-state index in [4.69, 9.17) is 9.72 Å². The Hall–Kier alpha value is -3.04. The lowest BCUT2D eigenvalue weighted by molar-refractivity contribution is 0.0904. The third-order valence-electron chi connectivity index (χ3n) is 5.88. The summed E-state index contributed by atoms with van der Waals surface area (Å²) in [6, 6.07) is 2.23. The smallest absolute Gasteiger partial charge is 0.252 e. The van der Waals surface area contributed by atoms with Gasteiger partial charge < -0.3 is 20.7 Å². The van der Waals surface area contributed by atoms with Crippen molar-refractivity contribution < 1.29 is 9.53 Å². The quantitative estimate of drug-likeness (QED) is 0.497. The van der Waals surface area contributed by atoms with Crippen molar-refractivity contribution in [3.63, 3.8) is 0 Å². The first-order chi connectivity index (χ1) is 15.6. The van der Waals surface area contributed by atoms with Crippen molar-refractivity contribution in [3.05, 3.63) is 47.0 Å². The minimum Gasteiger partial charge on any atom is -0.381 e. The minimum absolute atomic E-state index is 0.138. The molecule has 0 aliphatic carbocycles. The Labute approximate surface area is 188 Å². The van der Waals surface area contributed by atoms with Crippen LogP contribution >= 0.6 is 0 Å². The zero-order chi connectivity index (χ0) is 22.5. The molecule has 1 amide bonds. The molecule has 0 unspecified atom stereocenters. The van der Waals surface area contributed by atoms with E-state index >= 15 is 0 Å². The molecule has 0 spiro atoms. The molecule has 1 fully saturated rings. The van der Waals surface area contributed by atoms with Gasteiger partial charge in [0.05, 0.1) is 22.8 Å². The number of fused-ring (bicyclic) bond motifs is 1. The summed E-state index contributed by atoms with van der Waals surface area (Å²) in [6.07, 6.45) is 7.23. The summed E-state index contributed by atoms with van der Waals surface area (Å²) in [5.74, 6) is -0.138. The van der Waals surface area contributed by atoms with E-state index < -0.39 is 0 Å². The molecule has 0 aromatic carbocycles. The van der Waals surface area contributed by atoms with Gasteiger partial charge in [0.25, 0.3) is 5.91 Å². The summed E-state index contributed by atoms with van der Waals surface area (Å²) in [6.45, 7) is 7.70. The number of nitrogens with zero attached hydrogens (tertiary/aromatic N) is 4. The Morgan fingerprint density at radius 1 is 1.22 bits per heavy atom. The zero-order valence-corrected chi connectivity index (χ0v) is 18.9. The molecular weight excluding hydrogens is 406 g/mol. The van der Waals surface area contributed by atoms with Crippen LogP contribution in [0.1, 0.15) is 46.9 Å². The van der Waals surface area contributed by atoms with Gasteiger partial charge in [-0.15, -0.1) is 0 Å². The summed E-state index contributed by atoms with van der Waals surface area (Å²) in [5.41, 5.74) is 5.63. The van der Waals surface area contributed by atoms with Gasteiger partial charge in [-0.05, 0) is 38.3 Å². The van der Waals surface area contributed by atoms with Crippen LogP contribution in [0.4, 0.5) is 5.69 Å². The van der Waals surface area contributed by atoms with E-state index in [9.17, 15) is 4.79 Å². The normalized spacial score (nSPS) is 14.6. The van der Waals surface area contributed by atoms with Crippen LogP contribution in [0.3, 0.4) is 0 Å². The van der Waals surface area contributed by atoms with E-state index in [1.807, 2.05) is 23.9 Å². The number of carbonyl (C=O) groups excluding carboxylic acids is 1. The Bertz CT molecular complexity index is 1090. The number of anilines is 1. The van der Waals surface area contributed by atoms with Gasteiger partial charge >= 0.3 is 0 Å². The van der Waals surface area contributed by atoms with Crippen LogP contribution in [0.15, 0.2) is 24.7 Å². The maximum absolute atomic E-state index is 11.9. The summed E-state index contributed by atoms with van der Waals surface area (Å²) in [7, 11) is 1.62. The second kappa shape index (κ2) is 10.1. The molecule has 0 atom stereocenters. The van der Waals surface area contributed by atoms with Gasteiger partial charge in [0.15, 0.2) is 5.65 Å². The van der Waals surface area contributed by atoms with Crippen molar-refractivity contribution in [2.24, 2.45) is 0 Å². The van der Waals surface area contributed by atoms with E-state index in [-0.39, 0.29) is 5.91 Å². The molecule has 32 heavy (non-hydrogen) atoms. The Balaban J connectivity index is 1.57. The molecule has 9 heteroatoms. The molecule has 0 radical (unpaired) electrons. The topological polar surface area (TPSA) is 106 Å². The minimum atomic E-state index is -0.138. The third kappa shape index (κ3) is 4.73. The lowest BCUT2D eigenvalue weighted by atomic mass is 10.0. The number of amides is 1. The molecule has 0 saturated carbocycles. The molecule has 1 saturated heterocycles. The van der Waals surface area contributed by atoms with E-state index in [1.165, 1.54) is 0 Å². The summed E-state index contributed by atoms with van der Waals surface area (Å²) < 4.78 is 7.47. The van der Waals surface area contributed by atoms with Gasteiger partial charge in [-0.3, -0.25) is 9.78 Å². The molecule has 1 aliphatic rings. The summed E-state index contributed by atoms with van der Waals surface area (Å²) in [5, 5.41) is 15.5. The molecule has 3 aromatic rings. The van der Waals surface area contributed by atoms with Crippen LogP contribution in [0, 0.1) is 6.92 Å². The maximum atomic E-state index is 11.9. The number of aryl methyl sites for hydroxylation is 2. The highest BCUT2D eigenvalue weighted by atomic mass is 16.5. The van der Waals surface area contributed by atoms with E-state index in [0.717, 1.165) is 66.1 Å². The zero-order valence-electron chi connectivity index (χ0n) is 18.9. The highest BCUT2D eigenvalue weighted by Gasteiger charge is 2.20. The van der Waals surface area contributed by atoms with E-state index in [0.29, 0.717) is 24.7 Å². The van der Waals surface area contributed by atoms with E-state index in [1.54, 1.807) is 19.4 Å². The number of hydrogen-bond acceptors (Lipinski definition) is 7. The van der Waals surface area contributed by atoms with Crippen LogP contribution in [0.2, 0.25) is 0 Å². The number of carbonyl (C=O) groups is 1. The Kier molecular flexibility index (Phi) is 6.96. The average Bonchev–Trinajstić information content (AvgIpc) is 3.23. The van der Waals surface area contributed by atoms with Crippen LogP contribution in [-0.4, -0.2) is 52.0 Å². The van der Waals surface area contributed by atoms with Crippen molar-refractivity contribution in [3.8, 4) is 0 Å². The van der Waals surface area contributed by atoms with Crippen molar-refractivity contribution in [1.82, 2.24) is 30.4 Å². The Morgan fingerprint density at radius 3 is 2.78 bits per heavy atom. The second-order valence-corrected chi connectivity index (χ2v) is 8.04. The summed E-state index contributed by atoms with van der Waals surface area (Å²) >= 11 is 0. The number of hydrogen-bond donors (Lipinski definition) is 3. The third-order valence-corrected chi connectivity index (χ3v) is 5.88. The lowest BCUT2D eigenvalue weighted by Gasteiger charge is -2.26. The fourth-order valence-electron chi connectivity index (χ4n) is 4.09. The molecule has 0 bridgehead atoms. The van der Waals surface area contributed by atoms with Gasteiger partial charge in [-0.25, -0.2) is 9.67 Å². The molecule has 1 aliphatic heterocycles. The maximum Gasteiger partial charge on any atom is 0.252 e. The van der Waals surface area contributed by atoms with Crippen molar-refractivity contribution in [1.29, 1.82) is 0 Å². The highest BCUT2D eigenvalue weighted by molar-refractivity contribution is 5.93. The molecular formula is C23H31N7O2. The Morgan fingerprint density at radius 2 is 2.03 bits per heavy atom. The first-order valence-electron chi connectivity index (χ1n) is 11.2. The largest absolute Gasteiger partial charge is 0.381 e. The van der Waals surface area contributed by atoms with E-state index in [2.05, 4.69) is 33.0 Å². The van der Waals surface area contributed by atoms with Crippen molar-refractivity contribution in [2.45, 2.75) is 52.4 Å². The predicted molar refractivity (Wildman–Crippen MR) is 124 cm³/mol. The standard InChI is InChI=1S/C23H31N7O2/c1-4-30-22-20(14-27-30)21(29-18-5-7-32-8-6-18)19(15(2)28-22)13-26-11-16-9-17(12-25-10-16)23(31)24-3/h9-10,12,14,18,26H,4-8,11,13H2,1-3H3,(H,24,31)(H,28,29). The molecule has 170 valence electrons. The number of ether oxygens (including phenoxy) is 1. The highest BCUT2D eigenvalue weighted by Crippen LogP contribution is 2.30. The fraction of sp³-hybridized carbons (Fsp3) is 0.478. The summed E-state index contributed by atoms with van der Waals surface area (Å²) in [4.78, 5) is 20.9. The lowest BCUT2D eigenvalue weighted by Crippen LogP contribution is -2.29. The first kappa shape index (κ1) is 22.2.